The summed E-state index contributed by atoms with van der Waals surface area (Å²) in [5, 5.41) is 27.0. The van der Waals surface area contributed by atoms with E-state index < -0.39 is 0 Å². The quantitative estimate of drug-likeness (QED) is 0.124. The van der Waals surface area contributed by atoms with Gasteiger partial charge in [-0.05, 0) is 64.4 Å². The molecular weight excluding hydrogens is 663 g/mol. The van der Waals surface area contributed by atoms with Gasteiger partial charge in [0.15, 0.2) is 6.29 Å². The lowest BCUT2D eigenvalue weighted by Crippen LogP contribution is -2.62. The van der Waals surface area contributed by atoms with Crippen LogP contribution in [0.5, 0.6) is 0 Å². The van der Waals surface area contributed by atoms with Crippen molar-refractivity contribution >= 4 is 54.4 Å². The minimum atomic E-state index is -0.191. The Balaban J connectivity index is 1.02. The molecule has 0 saturated carbocycles. The van der Waals surface area contributed by atoms with Crippen molar-refractivity contribution in [3.8, 4) is 5.69 Å². The van der Waals surface area contributed by atoms with E-state index >= 15 is 0 Å². The number of hydrogen-bond donors (Lipinski definition) is 5. The van der Waals surface area contributed by atoms with Gasteiger partial charge in [0.25, 0.3) is 0 Å². The summed E-state index contributed by atoms with van der Waals surface area (Å²) < 4.78 is 4.85. The van der Waals surface area contributed by atoms with E-state index in [-0.39, 0.29) is 24.8 Å². The Kier molecular flexibility index (Phi) is 7.38. The SMILES string of the molecule is C1=C(C2NC(c3ccccc3)NC(c3cccc4ccccc34)N2)NC(n2c3ccccc3c3cc4c5ccccc5n(-c5ccccc5)c4cc32)NC1. The Morgan fingerprint density at radius 2 is 1.09 bits per heavy atom. The lowest BCUT2D eigenvalue weighted by molar-refractivity contribution is 0.207. The molecule has 7 nitrogen and oxygen atoms in total. The van der Waals surface area contributed by atoms with Crippen molar-refractivity contribution in [3.05, 3.63) is 187 Å². The first kappa shape index (κ1) is 31.3. The molecule has 2 aliphatic heterocycles. The summed E-state index contributed by atoms with van der Waals surface area (Å²) in [5.41, 5.74) is 9.45. The molecule has 54 heavy (non-hydrogen) atoms. The van der Waals surface area contributed by atoms with E-state index in [0.29, 0.717) is 0 Å². The van der Waals surface area contributed by atoms with Crippen LogP contribution in [0.2, 0.25) is 0 Å². The molecule has 0 radical (unpaired) electrons. The van der Waals surface area contributed by atoms with Crippen molar-refractivity contribution in [1.82, 2.24) is 35.7 Å². The van der Waals surface area contributed by atoms with Crippen LogP contribution in [-0.2, 0) is 0 Å². The van der Waals surface area contributed by atoms with E-state index in [1.165, 1.54) is 65.5 Å². The molecule has 7 aromatic carbocycles. The maximum Gasteiger partial charge on any atom is 0.159 e. The molecule has 1 saturated heterocycles. The summed E-state index contributed by atoms with van der Waals surface area (Å²) in [6.45, 7) is 0.718. The van der Waals surface area contributed by atoms with Crippen LogP contribution in [0.3, 0.4) is 0 Å². The molecule has 9 aromatic rings. The van der Waals surface area contributed by atoms with Gasteiger partial charge in [0.1, 0.15) is 6.17 Å². The molecule has 2 aromatic heterocycles. The van der Waals surface area contributed by atoms with Gasteiger partial charge in [-0.15, -0.1) is 0 Å². The van der Waals surface area contributed by atoms with Gasteiger partial charge < -0.3 is 14.5 Å². The Labute approximate surface area is 312 Å². The number of rotatable bonds is 5. The number of aromatic nitrogens is 2. The highest BCUT2D eigenvalue weighted by molar-refractivity contribution is 6.18. The van der Waals surface area contributed by atoms with Crippen LogP contribution >= 0.6 is 0 Å². The van der Waals surface area contributed by atoms with Crippen molar-refractivity contribution in [1.29, 1.82) is 0 Å². The normalized spacial score (nSPS) is 20.5. The number of para-hydroxylation sites is 3. The Bertz CT molecular complexity index is 2870. The first-order chi connectivity index (χ1) is 26.8. The summed E-state index contributed by atoms with van der Waals surface area (Å²) in [7, 11) is 0. The van der Waals surface area contributed by atoms with Gasteiger partial charge in [0.05, 0.1) is 34.4 Å². The van der Waals surface area contributed by atoms with E-state index in [4.69, 9.17) is 0 Å². The maximum atomic E-state index is 3.97. The third-order valence-electron chi connectivity index (χ3n) is 11.3. The second-order valence-corrected chi connectivity index (χ2v) is 14.4. The van der Waals surface area contributed by atoms with Crippen LogP contribution in [0.15, 0.2) is 176 Å². The standard InChI is InChI=1S/C47H39N7/c1-3-15-31(16-4-1)44-50-45(36-23-13-17-30-14-7-8-20-33(30)36)52-46(51-44)39-26-27-48-47(49-39)54-41-25-12-10-22-35(41)38-28-37-34-21-9-11-24-40(34)53(42(37)29-43(38)54)32-18-5-2-6-19-32/h1-26,28-29,44-52H,27H2. The molecule has 4 heterocycles. The fourth-order valence-electron chi connectivity index (χ4n) is 8.84. The van der Waals surface area contributed by atoms with Gasteiger partial charge >= 0.3 is 0 Å². The minimum absolute atomic E-state index is 0.0705. The molecule has 1 fully saturated rings. The Morgan fingerprint density at radius 3 is 1.93 bits per heavy atom. The van der Waals surface area contributed by atoms with Crippen molar-refractivity contribution in [2.45, 2.75) is 24.8 Å². The number of nitrogens with one attached hydrogen (secondary N) is 5. The van der Waals surface area contributed by atoms with Gasteiger partial charge in [-0.1, -0.05) is 127 Å². The molecule has 4 unspecified atom stereocenters. The average Bonchev–Trinajstić information content (AvgIpc) is 3.75. The topological polar surface area (TPSA) is 70.0 Å². The highest BCUT2D eigenvalue weighted by Crippen LogP contribution is 2.39. The second kappa shape index (κ2) is 12.7. The van der Waals surface area contributed by atoms with E-state index in [0.717, 1.165) is 17.9 Å². The summed E-state index contributed by atoms with van der Waals surface area (Å²) in [6.07, 6.45) is 1.77. The van der Waals surface area contributed by atoms with Crippen molar-refractivity contribution < 1.29 is 0 Å². The van der Waals surface area contributed by atoms with Gasteiger partial charge in [0.2, 0.25) is 0 Å². The predicted octanol–water partition coefficient (Wildman–Crippen LogP) is 9.08. The summed E-state index contributed by atoms with van der Waals surface area (Å²) in [6, 6.07) is 58.9. The first-order valence-electron chi connectivity index (χ1n) is 18.8. The zero-order valence-electron chi connectivity index (χ0n) is 29.6. The van der Waals surface area contributed by atoms with E-state index in [1.807, 2.05) is 0 Å². The Morgan fingerprint density at radius 1 is 0.463 bits per heavy atom. The van der Waals surface area contributed by atoms with Crippen LogP contribution in [0.1, 0.15) is 29.7 Å². The molecule has 11 rings (SSSR count). The zero-order valence-corrected chi connectivity index (χ0v) is 29.6. The molecule has 0 spiro atoms. The van der Waals surface area contributed by atoms with Crippen LogP contribution in [0.4, 0.5) is 0 Å². The second-order valence-electron chi connectivity index (χ2n) is 14.4. The predicted molar refractivity (Wildman–Crippen MR) is 221 cm³/mol. The number of fused-ring (bicyclic) bond motifs is 7. The van der Waals surface area contributed by atoms with E-state index in [9.17, 15) is 0 Å². The maximum absolute atomic E-state index is 3.97. The van der Waals surface area contributed by atoms with Crippen LogP contribution < -0.4 is 26.6 Å². The lowest BCUT2D eigenvalue weighted by atomic mass is 10.00. The van der Waals surface area contributed by atoms with Crippen molar-refractivity contribution in [2.75, 3.05) is 6.54 Å². The van der Waals surface area contributed by atoms with Crippen molar-refractivity contribution in [2.24, 2.45) is 0 Å². The molecule has 0 bridgehead atoms. The molecule has 7 heteroatoms. The molecule has 262 valence electrons. The molecule has 5 N–H and O–H groups in total. The highest BCUT2D eigenvalue weighted by Gasteiger charge is 2.33. The fourth-order valence-corrected chi connectivity index (χ4v) is 8.84. The summed E-state index contributed by atoms with van der Waals surface area (Å²) in [5.74, 6) is 0. The lowest BCUT2D eigenvalue weighted by Gasteiger charge is -2.42. The van der Waals surface area contributed by atoms with E-state index in [1.54, 1.807) is 0 Å². The number of benzene rings is 7. The van der Waals surface area contributed by atoms with Gasteiger partial charge in [-0.3, -0.25) is 21.3 Å². The van der Waals surface area contributed by atoms with Crippen LogP contribution in [0, 0.1) is 0 Å². The highest BCUT2D eigenvalue weighted by atomic mass is 15.4. The zero-order chi connectivity index (χ0) is 35.6. The van der Waals surface area contributed by atoms with Crippen molar-refractivity contribution in [3.63, 3.8) is 0 Å². The molecule has 0 aliphatic carbocycles. The van der Waals surface area contributed by atoms with Gasteiger partial charge in [-0.25, -0.2) is 0 Å². The largest absolute Gasteiger partial charge is 0.354 e. The van der Waals surface area contributed by atoms with E-state index in [2.05, 4.69) is 206 Å². The fraction of sp³-hybridized carbons (Fsp3) is 0.106. The third-order valence-corrected chi connectivity index (χ3v) is 11.3. The average molecular weight is 702 g/mol. The smallest absolute Gasteiger partial charge is 0.159 e. The van der Waals surface area contributed by atoms with Gasteiger partial charge in [-0.2, -0.15) is 0 Å². The third kappa shape index (κ3) is 5.05. The number of hydrogen-bond acceptors (Lipinski definition) is 5. The molecular formula is C47H39N7. The van der Waals surface area contributed by atoms with Crippen LogP contribution in [0.25, 0.3) is 60.1 Å². The van der Waals surface area contributed by atoms with Gasteiger partial charge in [0, 0.05) is 39.5 Å². The molecule has 0 amide bonds. The van der Waals surface area contributed by atoms with Crippen LogP contribution in [-0.4, -0.2) is 21.8 Å². The Hall–Kier alpha value is -6.22. The minimum Gasteiger partial charge on any atom is -0.354 e. The monoisotopic (exact) mass is 701 g/mol. The summed E-state index contributed by atoms with van der Waals surface area (Å²) in [4.78, 5) is 0. The first-order valence-corrected chi connectivity index (χ1v) is 18.8. The molecule has 2 aliphatic rings. The number of nitrogens with zero attached hydrogens (tertiary/aromatic N) is 2. The molecule has 4 atom stereocenters. The summed E-state index contributed by atoms with van der Waals surface area (Å²) >= 11 is 0.